The molecule has 0 bridgehead atoms. The van der Waals surface area contributed by atoms with Gasteiger partial charge in [-0.3, -0.25) is 0 Å². The van der Waals surface area contributed by atoms with Gasteiger partial charge in [-0.15, -0.1) is 0 Å². The lowest BCUT2D eigenvalue weighted by molar-refractivity contribution is 0.0544. The molecule has 3 N–H and O–H groups in total. The van der Waals surface area contributed by atoms with Crippen molar-refractivity contribution in [3.8, 4) is 5.75 Å². The molecule has 0 saturated carbocycles. The zero-order valence-corrected chi connectivity index (χ0v) is 7.63. The van der Waals surface area contributed by atoms with Gasteiger partial charge in [0.05, 0.1) is 0 Å². The van der Waals surface area contributed by atoms with Gasteiger partial charge in [0.1, 0.15) is 5.60 Å². The van der Waals surface area contributed by atoms with E-state index in [0.29, 0.717) is 19.5 Å². The molecule has 76 valence electrons. The van der Waals surface area contributed by atoms with Gasteiger partial charge < -0.3 is 15.5 Å². The molecule has 0 aromatic heterocycles. The first-order valence-electron chi connectivity index (χ1n) is 4.54. The quantitative estimate of drug-likeness (QED) is 0.621. The smallest absolute Gasteiger partial charge is 0.170 e. The molecule has 1 heterocycles. The summed E-state index contributed by atoms with van der Waals surface area (Å²) in [6.45, 7) is 0.985. The normalized spacial score (nSPS) is 26.7. The average Bonchev–Trinajstić information content (AvgIpc) is 2.58. The number of phenolic OH excluding ortho intramolecular Hbond substituents is 1. The zero-order chi connectivity index (χ0) is 10.2. The highest BCUT2D eigenvalue weighted by Gasteiger charge is 2.35. The van der Waals surface area contributed by atoms with Crippen molar-refractivity contribution in [3.05, 3.63) is 29.6 Å². The summed E-state index contributed by atoms with van der Waals surface area (Å²) in [4.78, 5) is 0. The van der Waals surface area contributed by atoms with Crippen LogP contribution in [0.1, 0.15) is 12.0 Å². The van der Waals surface area contributed by atoms with Gasteiger partial charge in [0.25, 0.3) is 0 Å². The number of halogens is 1. The Kier molecular flexibility index (Phi) is 2.17. The van der Waals surface area contributed by atoms with Crippen molar-refractivity contribution >= 4 is 0 Å². The van der Waals surface area contributed by atoms with Gasteiger partial charge >= 0.3 is 0 Å². The molecule has 4 heteroatoms. The molecule has 2 rings (SSSR count). The molecule has 1 aromatic carbocycles. The average molecular weight is 197 g/mol. The fourth-order valence-corrected chi connectivity index (χ4v) is 1.79. The van der Waals surface area contributed by atoms with Gasteiger partial charge in [-0.25, -0.2) is 4.39 Å². The Balaban J connectivity index is 2.45. The summed E-state index contributed by atoms with van der Waals surface area (Å²) in [7, 11) is 0. The lowest BCUT2D eigenvalue weighted by Crippen LogP contribution is -2.29. The molecule has 1 atom stereocenters. The molecule has 1 unspecified atom stereocenters. The van der Waals surface area contributed by atoms with Crippen molar-refractivity contribution in [2.45, 2.75) is 12.0 Å². The van der Waals surface area contributed by atoms with Crippen molar-refractivity contribution in [2.24, 2.45) is 0 Å². The molecule has 1 aliphatic heterocycles. The molecule has 1 fully saturated rings. The number of nitrogens with one attached hydrogen (secondary N) is 1. The predicted octanol–water partition coefficient (Wildman–Crippen LogP) is 0.712. The van der Waals surface area contributed by atoms with Crippen LogP contribution in [0.15, 0.2) is 18.2 Å². The van der Waals surface area contributed by atoms with Crippen molar-refractivity contribution in [3.63, 3.8) is 0 Å². The Hall–Kier alpha value is -1.13. The van der Waals surface area contributed by atoms with Gasteiger partial charge in [-0.2, -0.15) is 0 Å². The third-order valence-electron chi connectivity index (χ3n) is 2.61. The molecule has 0 aliphatic carbocycles. The Bertz CT molecular complexity index is 348. The summed E-state index contributed by atoms with van der Waals surface area (Å²) < 4.78 is 13.5. The first kappa shape index (κ1) is 9.43. The molecule has 14 heavy (non-hydrogen) atoms. The van der Waals surface area contributed by atoms with E-state index in [0.717, 1.165) is 0 Å². The number of hydrogen-bond acceptors (Lipinski definition) is 3. The molecular weight excluding hydrogens is 185 g/mol. The fourth-order valence-electron chi connectivity index (χ4n) is 1.79. The molecule has 0 spiro atoms. The summed E-state index contributed by atoms with van der Waals surface area (Å²) in [6, 6.07) is 4.30. The minimum atomic E-state index is -1.18. The highest BCUT2D eigenvalue weighted by molar-refractivity contribution is 5.34. The second-order valence-corrected chi connectivity index (χ2v) is 3.60. The van der Waals surface area contributed by atoms with Gasteiger partial charge in [0, 0.05) is 12.1 Å². The van der Waals surface area contributed by atoms with Gasteiger partial charge in [-0.05, 0) is 19.0 Å². The van der Waals surface area contributed by atoms with Crippen LogP contribution in [0, 0.1) is 5.82 Å². The summed E-state index contributed by atoms with van der Waals surface area (Å²) in [5.41, 5.74) is -1.01. The van der Waals surface area contributed by atoms with E-state index in [9.17, 15) is 9.50 Å². The van der Waals surface area contributed by atoms with Crippen LogP contribution in [-0.4, -0.2) is 23.3 Å². The Morgan fingerprint density at radius 2 is 2.21 bits per heavy atom. The van der Waals surface area contributed by atoms with Crippen LogP contribution in [0.3, 0.4) is 0 Å². The minimum absolute atomic E-state index is 0.169. The molecule has 0 radical (unpaired) electrons. The lowest BCUT2D eigenvalue weighted by atomic mass is 9.92. The second-order valence-electron chi connectivity index (χ2n) is 3.60. The van der Waals surface area contributed by atoms with E-state index >= 15 is 0 Å². The molecule has 0 amide bonds. The number of hydrogen-bond donors (Lipinski definition) is 3. The minimum Gasteiger partial charge on any atom is -0.505 e. The van der Waals surface area contributed by atoms with Crippen molar-refractivity contribution in [1.29, 1.82) is 0 Å². The summed E-state index contributed by atoms with van der Waals surface area (Å²) in [5.74, 6) is -1.14. The van der Waals surface area contributed by atoms with E-state index in [1.807, 2.05) is 0 Å². The number of phenols is 1. The standard InChI is InChI=1S/C10H12FNO2/c11-9-7(2-1-3-8(9)13)10(14)4-5-12-6-10/h1-3,12-14H,4-6H2. The number of β-amino-alcohol motifs (C(OH)–C–C–N with tert-alkyl or cyclic N) is 1. The summed E-state index contributed by atoms with van der Waals surface area (Å²) >= 11 is 0. The Morgan fingerprint density at radius 3 is 2.86 bits per heavy atom. The van der Waals surface area contributed by atoms with Crippen LogP contribution in [-0.2, 0) is 5.60 Å². The monoisotopic (exact) mass is 197 g/mol. The lowest BCUT2D eigenvalue weighted by Gasteiger charge is -2.22. The van der Waals surface area contributed by atoms with Gasteiger partial charge in [0.2, 0.25) is 0 Å². The van der Waals surface area contributed by atoms with Crippen LogP contribution < -0.4 is 5.32 Å². The van der Waals surface area contributed by atoms with Gasteiger partial charge in [-0.1, -0.05) is 12.1 Å². The third kappa shape index (κ3) is 1.36. The number of aliphatic hydroxyl groups is 1. The first-order valence-corrected chi connectivity index (χ1v) is 4.54. The molecular formula is C10H12FNO2. The van der Waals surface area contributed by atoms with Crippen molar-refractivity contribution < 1.29 is 14.6 Å². The van der Waals surface area contributed by atoms with Crippen LogP contribution >= 0.6 is 0 Å². The van der Waals surface area contributed by atoms with Crippen LogP contribution in [0.2, 0.25) is 0 Å². The summed E-state index contributed by atoms with van der Waals surface area (Å²) in [5, 5.41) is 22.2. The van der Waals surface area contributed by atoms with E-state index in [-0.39, 0.29) is 5.56 Å². The maximum atomic E-state index is 13.5. The van der Waals surface area contributed by atoms with E-state index in [2.05, 4.69) is 5.32 Å². The Labute approximate surface area is 81.2 Å². The van der Waals surface area contributed by atoms with E-state index in [4.69, 9.17) is 5.11 Å². The first-order chi connectivity index (χ1) is 6.63. The molecule has 1 aliphatic rings. The number of rotatable bonds is 1. The van der Waals surface area contributed by atoms with E-state index in [1.165, 1.54) is 18.2 Å². The highest BCUT2D eigenvalue weighted by atomic mass is 19.1. The zero-order valence-electron chi connectivity index (χ0n) is 7.63. The molecule has 3 nitrogen and oxygen atoms in total. The van der Waals surface area contributed by atoms with E-state index < -0.39 is 17.2 Å². The van der Waals surface area contributed by atoms with Crippen LogP contribution in [0.5, 0.6) is 5.75 Å². The summed E-state index contributed by atoms with van der Waals surface area (Å²) in [6.07, 6.45) is 0.466. The predicted molar refractivity (Wildman–Crippen MR) is 49.4 cm³/mol. The number of aromatic hydroxyl groups is 1. The van der Waals surface area contributed by atoms with Crippen LogP contribution in [0.25, 0.3) is 0 Å². The maximum Gasteiger partial charge on any atom is 0.170 e. The van der Waals surface area contributed by atoms with Crippen molar-refractivity contribution in [1.82, 2.24) is 5.32 Å². The van der Waals surface area contributed by atoms with Gasteiger partial charge in [0.15, 0.2) is 11.6 Å². The van der Waals surface area contributed by atoms with E-state index in [1.54, 1.807) is 0 Å². The molecule has 1 aromatic rings. The largest absolute Gasteiger partial charge is 0.505 e. The second kappa shape index (κ2) is 3.22. The fraction of sp³-hybridized carbons (Fsp3) is 0.400. The topological polar surface area (TPSA) is 52.5 Å². The van der Waals surface area contributed by atoms with Crippen LogP contribution in [0.4, 0.5) is 4.39 Å². The molecule has 1 saturated heterocycles. The van der Waals surface area contributed by atoms with Crippen molar-refractivity contribution in [2.75, 3.05) is 13.1 Å². The number of benzene rings is 1. The maximum absolute atomic E-state index is 13.5. The third-order valence-corrected chi connectivity index (χ3v) is 2.61. The Morgan fingerprint density at radius 1 is 1.43 bits per heavy atom. The highest BCUT2D eigenvalue weighted by Crippen LogP contribution is 2.32. The SMILES string of the molecule is Oc1cccc(C2(O)CCNC2)c1F.